The summed E-state index contributed by atoms with van der Waals surface area (Å²) in [4.78, 5) is 0. The van der Waals surface area contributed by atoms with Crippen molar-refractivity contribution in [2.24, 2.45) is 0 Å². The molecule has 1 fully saturated rings. The Kier molecular flexibility index (Phi) is 1.69. The Morgan fingerprint density at radius 1 is 1.00 bits per heavy atom. The highest BCUT2D eigenvalue weighted by Gasteiger charge is 2.07. The summed E-state index contributed by atoms with van der Waals surface area (Å²) in [6, 6.07) is 0.286. The molecule has 0 aromatic heterocycles. The van der Waals surface area contributed by atoms with Gasteiger partial charge >= 0.3 is 0 Å². The largest absolute Gasteiger partial charge is 0.255 e. The van der Waals surface area contributed by atoms with Crippen molar-refractivity contribution >= 4 is 0 Å². The molecule has 0 bridgehead atoms. The molecule has 0 amide bonds. The lowest BCUT2D eigenvalue weighted by Crippen LogP contribution is -2.12. The minimum absolute atomic E-state index is 0.286. The van der Waals surface area contributed by atoms with E-state index >= 15 is 0 Å². The van der Waals surface area contributed by atoms with Gasteiger partial charge in [0.25, 0.3) is 0 Å². The van der Waals surface area contributed by atoms with E-state index in [4.69, 9.17) is 5.73 Å². The zero-order chi connectivity index (χ0) is 5.11. The normalized spacial score (nSPS) is 25.3. The van der Waals surface area contributed by atoms with Gasteiger partial charge in [0, 0.05) is 6.04 Å². The van der Waals surface area contributed by atoms with E-state index in [2.05, 4.69) is 0 Å². The summed E-state index contributed by atoms with van der Waals surface area (Å²) in [5, 5.41) is 0. The van der Waals surface area contributed by atoms with Gasteiger partial charge < -0.3 is 0 Å². The fourth-order valence-corrected chi connectivity index (χ4v) is 1.10. The lowest BCUT2D eigenvalue weighted by atomic mass is 9.97. The Bertz CT molecular complexity index is 46.1. The van der Waals surface area contributed by atoms with Gasteiger partial charge in [0.2, 0.25) is 0 Å². The van der Waals surface area contributed by atoms with Crippen LogP contribution in [0.3, 0.4) is 0 Å². The Morgan fingerprint density at radius 3 is 1.86 bits per heavy atom. The average molecular weight is 98.2 g/mol. The lowest BCUT2D eigenvalue weighted by molar-refractivity contribution is 0.432. The van der Waals surface area contributed by atoms with Crippen LogP contribution in [0.4, 0.5) is 0 Å². The van der Waals surface area contributed by atoms with Crippen molar-refractivity contribution in [3.05, 3.63) is 0 Å². The van der Waals surface area contributed by atoms with E-state index in [1.165, 1.54) is 19.3 Å². The number of nitrogens with one attached hydrogen (secondary N) is 1. The van der Waals surface area contributed by atoms with Crippen LogP contribution in [-0.4, -0.2) is 6.04 Å². The second-order valence-electron chi connectivity index (χ2n) is 2.33. The van der Waals surface area contributed by atoms with Crippen molar-refractivity contribution in [2.45, 2.75) is 38.1 Å². The van der Waals surface area contributed by atoms with Gasteiger partial charge in [-0.2, -0.15) is 0 Å². The molecule has 1 aliphatic carbocycles. The maximum Gasteiger partial charge on any atom is 0.0213 e. The quantitative estimate of drug-likeness (QED) is 0.439. The van der Waals surface area contributed by atoms with E-state index < -0.39 is 0 Å². The fraction of sp³-hybridized carbons (Fsp3) is 1.00. The first-order chi connectivity index (χ1) is 3.39. The molecule has 0 aliphatic heterocycles. The standard InChI is InChI=1S/C6H12N/c7-6-4-2-1-3-5-6/h6-7H,1-5H2. The van der Waals surface area contributed by atoms with Gasteiger partial charge in [-0.05, 0) is 12.8 Å². The van der Waals surface area contributed by atoms with Crippen LogP contribution < -0.4 is 5.73 Å². The molecule has 0 aromatic carbocycles. The highest BCUT2D eigenvalue weighted by Crippen LogP contribution is 2.15. The first-order valence-electron chi connectivity index (χ1n) is 3.11. The van der Waals surface area contributed by atoms with Crippen LogP contribution in [0.5, 0.6) is 0 Å². The zero-order valence-corrected chi connectivity index (χ0v) is 4.61. The van der Waals surface area contributed by atoms with Crippen LogP contribution in [0.1, 0.15) is 32.1 Å². The van der Waals surface area contributed by atoms with E-state index in [0.717, 1.165) is 12.8 Å². The highest BCUT2D eigenvalue weighted by atomic mass is 14.6. The topological polar surface area (TPSA) is 23.8 Å². The summed E-state index contributed by atoms with van der Waals surface area (Å²) in [5.41, 5.74) is 7.27. The second-order valence-corrected chi connectivity index (χ2v) is 2.33. The second kappa shape index (κ2) is 2.31. The van der Waals surface area contributed by atoms with Gasteiger partial charge in [0.05, 0.1) is 0 Å². The molecule has 0 atom stereocenters. The van der Waals surface area contributed by atoms with Crippen LogP contribution in [-0.2, 0) is 0 Å². The molecule has 1 rings (SSSR count). The lowest BCUT2D eigenvalue weighted by Gasteiger charge is -2.14. The molecule has 0 aromatic rings. The van der Waals surface area contributed by atoms with E-state index in [9.17, 15) is 0 Å². The molecule has 0 heterocycles. The molecular weight excluding hydrogens is 86.1 g/mol. The maximum absolute atomic E-state index is 7.27. The molecule has 1 aliphatic rings. The fourth-order valence-electron chi connectivity index (χ4n) is 1.10. The number of rotatable bonds is 0. The first-order valence-corrected chi connectivity index (χ1v) is 3.11. The van der Waals surface area contributed by atoms with Crippen LogP contribution in [0.15, 0.2) is 0 Å². The van der Waals surface area contributed by atoms with E-state index in [1.54, 1.807) is 0 Å². The zero-order valence-electron chi connectivity index (χ0n) is 4.61. The molecular formula is C6H12N. The first kappa shape index (κ1) is 5.10. The van der Waals surface area contributed by atoms with Crippen molar-refractivity contribution < 1.29 is 0 Å². The van der Waals surface area contributed by atoms with Gasteiger partial charge in [-0.3, -0.25) is 5.73 Å². The monoisotopic (exact) mass is 98.1 g/mol. The summed E-state index contributed by atoms with van der Waals surface area (Å²) in [6.45, 7) is 0. The molecule has 0 unspecified atom stereocenters. The van der Waals surface area contributed by atoms with Crippen molar-refractivity contribution in [1.82, 2.24) is 5.73 Å². The van der Waals surface area contributed by atoms with Gasteiger partial charge in [-0.15, -0.1) is 0 Å². The van der Waals surface area contributed by atoms with E-state index in [1.807, 2.05) is 0 Å². The summed E-state index contributed by atoms with van der Waals surface area (Å²) < 4.78 is 0. The summed E-state index contributed by atoms with van der Waals surface area (Å²) in [5.74, 6) is 0. The van der Waals surface area contributed by atoms with Crippen LogP contribution in [0.2, 0.25) is 0 Å². The van der Waals surface area contributed by atoms with Crippen LogP contribution >= 0.6 is 0 Å². The molecule has 1 heteroatoms. The molecule has 41 valence electrons. The Balaban J connectivity index is 2.12. The third-order valence-electron chi connectivity index (χ3n) is 1.61. The van der Waals surface area contributed by atoms with Gasteiger partial charge in [-0.25, -0.2) is 0 Å². The average Bonchev–Trinajstić information content (AvgIpc) is 1.69. The summed E-state index contributed by atoms with van der Waals surface area (Å²) in [7, 11) is 0. The smallest absolute Gasteiger partial charge is 0.0213 e. The number of hydrogen-bond acceptors (Lipinski definition) is 0. The van der Waals surface area contributed by atoms with E-state index in [-0.39, 0.29) is 6.04 Å². The molecule has 0 spiro atoms. The summed E-state index contributed by atoms with van der Waals surface area (Å²) >= 11 is 0. The number of hydrogen-bond donors (Lipinski definition) is 0. The highest BCUT2D eigenvalue weighted by molar-refractivity contribution is 4.65. The Hall–Kier alpha value is -0.0400. The third-order valence-corrected chi connectivity index (χ3v) is 1.61. The van der Waals surface area contributed by atoms with E-state index in [0.29, 0.717) is 0 Å². The van der Waals surface area contributed by atoms with Gasteiger partial charge in [0.1, 0.15) is 0 Å². The van der Waals surface area contributed by atoms with Gasteiger partial charge in [-0.1, -0.05) is 19.3 Å². The van der Waals surface area contributed by atoms with Crippen molar-refractivity contribution in [3.8, 4) is 0 Å². The molecule has 7 heavy (non-hydrogen) atoms. The molecule has 1 saturated carbocycles. The van der Waals surface area contributed by atoms with Gasteiger partial charge in [0.15, 0.2) is 0 Å². The predicted octanol–water partition coefficient (Wildman–Crippen LogP) is 1.60. The molecule has 1 N–H and O–H groups in total. The van der Waals surface area contributed by atoms with Crippen LogP contribution in [0, 0.1) is 0 Å². The molecule has 1 nitrogen and oxygen atoms in total. The minimum Gasteiger partial charge on any atom is -0.255 e. The minimum atomic E-state index is 0.286. The Labute approximate surface area is 44.9 Å². The SMILES string of the molecule is [NH]C1CCCCC1. The molecule has 0 saturated heterocycles. The third kappa shape index (κ3) is 1.48. The maximum atomic E-state index is 7.27. The van der Waals surface area contributed by atoms with Crippen molar-refractivity contribution in [2.75, 3.05) is 0 Å². The summed E-state index contributed by atoms with van der Waals surface area (Å²) in [6.07, 6.45) is 6.28. The predicted molar refractivity (Wildman–Crippen MR) is 30.0 cm³/mol. The van der Waals surface area contributed by atoms with Crippen LogP contribution in [0.25, 0.3) is 0 Å². The van der Waals surface area contributed by atoms with Crippen molar-refractivity contribution in [1.29, 1.82) is 0 Å². The Morgan fingerprint density at radius 2 is 1.57 bits per heavy atom. The van der Waals surface area contributed by atoms with Crippen molar-refractivity contribution in [3.63, 3.8) is 0 Å². The molecule has 1 radical (unpaired) electrons.